The van der Waals surface area contributed by atoms with Gasteiger partial charge in [-0.15, -0.1) is 0 Å². The van der Waals surface area contributed by atoms with Crippen LogP contribution < -0.4 is 11.1 Å². The van der Waals surface area contributed by atoms with Crippen molar-refractivity contribution in [2.75, 3.05) is 19.5 Å². The van der Waals surface area contributed by atoms with Crippen LogP contribution in [0.1, 0.15) is 24.3 Å². The molecule has 1 heterocycles. The maximum atomic E-state index is 11.8. The van der Waals surface area contributed by atoms with Crippen LogP contribution in [0.15, 0.2) is 12.4 Å². The zero-order valence-electron chi connectivity index (χ0n) is 9.65. The molecule has 1 aromatic heterocycles. The van der Waals surface area contributed by atoms with Crippen LogP contribution in [-0.2, 0) is 4.74 Å². The molecule has 16 heavy (non-hydrogen) atoms. The molecule has 0 aliphatic rings. The lowest BCUT2D eigenvalue weighted by Crippen LogP contribution is -2.47. The minimum absolute atomic E-state index is 0.198. The quantitative estimate of drug-likeness (QED) is 0.763. The molecule has 1 aromatic rings. The number of rotatable bonds is 4. The van der Waals surface area contributed by atoms with Gasteiger partial charge in [0.05, 0.1) is 24.5 Å². The number of carbonyl (C=O) groups is 1. The molecule has 0 unspecified atom stereocenters. The van der Waals surface area contributed by atoms with Crippen molar-refractivity contribution in [2.24, 2.45) is 0 Å². The van der Waals surface area contributed by atoms with Gasteiger partial charge in [-0.05, 0) is 13.8 Å². The van der Waals surface area contributed by atoms with Crippen molar-refractivity contribution >= 4 is 11.7 Å². The lowest BCUT2D eigenvalue weighted by molar-refractivity contribution is 0.0815. The Morgan fingerprint density at radius 3 is 2.81 bits per heavy atom. The first kappa shape index (κ1) is 12.4. The van der Waals surface area contributed by atoms with Gasteiger partial charge in [0.15, 0.2) is 0 Å². The van der Waals surface area contributed by atoms with Gasteiger partial charge in [-0.3, -0.25) is 9.78 Å². The smallest absolute Gasteiger partial charge is 0.272 e. The largest absolute Gasteiger partial charge is 0.382 e. The van der Waals surface area contributed by atoms with E-state index in [2.05, 4.69) is 15.3 Å². The summed E-state index contributed by atoms with van der Waals surface area (Å²) in [6.07, 6.45) is 2.76. The van der Waals surface area contributed by atoms with E-state index in [0.29, 0.717) is 6.61 Å². The maximum absolute atomic E-state index is 11.8. The van der Waals surface area contributed by atoms with Crippen LogP contribution in [-0.4, -0.2) is 35.1 Å². The minimum atomic E-state index is -0.460. The van der Waals surface area contributed by atoms with Gasteiger partial charge in [-0.25, -0.2) is 4.98 Å². The number of methoxy groups -OCH3 is 1. The van der Waals surface area contributed by atoms with Crippen molar-refractivity contribution in [1.29, 1.82) is 0 Å². The zero-order valence-corrected chi connectivity index (χ0v) is 9.65. The Morgan fingerprint density at radius 2 is 2.25 bits per heavy atom. The first-order valence-corrected chi connectivity index (χ1v) is 4.83. The molecule has 0 bridgehead atoms. The third-order valence-electron chi connectivity index (χ3n) is 1.84. The van der Waals surface area contributed by atoms with Crippen LogP contribution in [0.25, 0.3) is 0 Å². The highest BCUT2D eigenvalue weighted by atomic mass is 16.5. The van der Waals surface area contributed by atoms with Crippen LogP contribution in [0.2, 0.25) is 0 Å². The average molecular weight is 224 g/mol. The Balaban J connectivity index is 2.72. The van der Waals surface area contributed by atoms with Crippen molar-refractivity contribution in [1.82, 2.24) is 15.3 Å². The molecule has 0 spiro atoms. The van der Waals surface area contributed by atoms with Crippen LogP contribution in [0.3, 0.4) is 0 Å². The lowest BCUT2D eigenvalue weighted by Gasteiger charge is -2.24. The highest BCUT2D eigenvalue weighted by Crippen LogP contribution is 2.05. The molecular weight excluding hydrogens is 208 g/mol. The molecule has 0 atom stereocenters. The van der Waals surface area contributed by atoms with E-state index in [1.54, 1.807) is 7.11 Å². The average Bonchev–Trinajstić information content (AvgIpc) is 2.16. The fraction of sp³-hybridized carbons (Fsp3) is 0.500. The summed E-state index contributed by atoms with van der Waals surface area (Å²) in [4.78, 5) is 19.4. The molecule has 1 rings (SSSR count). The number of hydrogen-bond donors (Lipinski definition) is 2. The summed E-state index contributed by atoms with van der Waals surface area (Å²) in [5.74, 6) is -0.0981. The SMILES string of the molecule is COCC(C)(C)NC(=O)c1cncc(N)n1. The predicted molar refractivity (Wildman–Crippen MR) is 59.9 cm³/mol. The summed E-state index contributed by atoms with van der Waals surface area (Å²) in [5.41, 5.74) is 5.18. The van der Waals surface area contributed by atoms with Crippen LogP contribution in [0, 0.1) is 0 Å². The van der Waals surface area contributed by atoms with Crippen LogP contribution >= 0.6 is 0 Å². The lowest BCUT2D eigenvalue weighted by atomic mass is 10.1. The van der Waals surface area contributed by atoms with Gasteiger partial charge < -0.3 is 15.8 Å². The third-order valence-corrected chi connectivity index (χ3v) is 1.84. The summed E-state index contributed by atoms with van der Waals surface area (Å²) in [5, 5.41) is 2.78. The van der Waals surface area contributed by atoms with Gasteiger partial charge in [0.2, 0.25) is 0 Å². The van der Waals surface area contributed by atoms with Gasteiger partial charge in [-0.1, -0.05) is 0 Å². The van der Waals surface area contributed by atoms with Gasteiger partial charge >= 0.3 is 0 Å². The van der Waals surface area contributed by atoms with Crippen molar-refractivity contribution < 1.29 is 9.53 Å². The number of carbonyl (C=O) groups excluding carboxylic acids is 1. The number of amides is 1. The van der Waals surface area contributed by atoms with Gasteiger partial charge in [-0.2, -0.15) is 0 Å². The van der Waals surface area contributed by atoms with Crippen molar-refractivity contribution in [3.63, 3.8) is 0 Å². The fourth-order valence-corrected chi connectivity index (χ4v) is 1.26. The van der Waals surface area contributed by atoms with E-state index in [1.807, 2.05) is 13.8 Å². The van der Waals surface area contributed by atoms with E-state index in [1.165, 1.54) is 12.4 Å². The summed E-state index contributed by atoms with van der Waals surface area (Å²) in [6.45, 7) is 4.12. The monoisotopic (exact) mass is 224 g/mol. The van der Waals surface area contributed by atoms with Crippen molar-refractivity contribution in [3.8, 4) is 0 Å². The van der Waals surface area contributed by atoms with E-state index in [4.69, 9.17) is 10.5 Å². The Labute approximate surface area is 94.2 Å². The van der Waals surface area contributed by atoms with Crippen molar-refractivity contribution in [3.05, 3.63) is 18.1 Å². The number of aromatic nitrogens is 2. The molecule has 0 saturated heterocycles. The second-order valence-corrected chi connectivity index (χ2v) is 4.10. The first-order valence-electron chi connectivity index (χ1n) is 4.83. The Morgan fingerprint density at radius 1 is 1.56 bits per heavy atom. The molecule has 1 amide bonds. The Hall–Kier alpha value is -1.69. The maximum Gasteiger partial charge on any atom is 0.272 e. The third kappa shape index (κ3) is 3.47. The number of hydrogen-bond acceptors (Lipinski definition) is 5. The molecule has 0 saturated carbocycles. The molecule has 0 aliphatic heterocycles. The molecular formula is C10H16N4O2. The standard InChI is InChI=1S/C10H16N4O2/c1-10(2,6-16-3)14-9(15)7-4-12-5-8(11)13-7/h4-5H,6H2,1-3H3,(H2,11,13)(H,14,15). The first-order chi connectivity index (χ1) is 7.44. The number of anilines is 1. The molecule has 6 nitrogen and oxygen atoms in total. The fourth-order valence-electron chi connectivity index (χ4n) is 1.26. The van der Waals surface area contributed by atoms with E-state index >= 15 is 0 Å². The molecule has 3 N–H and O–H groups in total. The highest BCUT2D eigenvalue weighted by Gasteiger charge is 2.21. The number of nitrogen functional groups attached to an aromatic ring is 1. The predicted octanol–water partition coefficient (Wildman–Crippen LogP) is 0.214. The molecule has 6 heteroatoms. The van der Waals surface area contributed by atoms with Crippen LogP contribution in [0.4, 0.5) is 5.82 Å². The van der Waals surface area contributed by atoms with E-state index in [9.17, 15) is 4.79 Å². The van der Waals surface area contributed by atoms with Crippen LogP contribution in [0.5, 0.6) is 0 Å². The normalized spacial score (nSPS) is 11.2. The second kappa shape index (κ2) is 4.89. The second-order valence-electron chi connectivity index (χ2n) is 4.10. The van der Waals surface area contributed by atoms with Crippen molar-refractivity contribution in [2.45, 2.75) is 19.4 Å². The van der Waals surface area contributed by atoms with E-state index < -0.39 is 5.54 Å². The topological polar surface area (TPSA) is 90.1 Å². The zero-order chi connectivity index (χ0) is 12.2. The number of nitrogens with two attached hydrogens (primary N) is 1. The molecule has 0 aromatic carbocycles. The van der Waals surface area contributed by atoms with Gasteiger partial charge in [0.25, 0.3) is 5.91 Å². The summed E-state index contributed by atoms with van der Waals surface area (Å²) in [7, 11) is 1.58. The molecule has 0 fully saturated rings. The molecule has 0 aliphatic carbocycles. The van der Waals surface area contributed by atoms with Gasteiger partial charge in [0, 0.05) is 7.11 Å². The summed E-state index contributed by atoms with van der Waals surface area (Å²) in [6, 6.07) is 0. The molecule has 0 radical (unpaired) electrons. The minimum Gasteiger partial charge on any atom is -0.382 e. The van der Waals surface area contributed by atoms with Gasteiger partial charge in [0.1, 0.15) is 11.5 Å². The van der Waals surface area contributed by atoms with E-state index in [-0.39, 0.29) is 17.4 Å². The highest BCUT2D eigenvalue weighted by molar-refractivity contribution is 5.92. The number of ether oxygens (including phenoxy) is 1. The summed E-state index contributed by atoms with van der Waals surface area (Å²) >= 11 is 0. The van der Waals surface area contributed by atoms with E-state index in [0.717, 1.165) is 0 Å². The summed E-state index contributed by atoms with van der Waals surface area (Å²) < 4.78 is 4.99. The number of nitrogens with zero attached hydrogens (tertiary/aromatic N) is 2. The molecule has 88 valence electrons. The number of nitrogens with one attached hydrogen (secondary N) is 1. The Bertz CT molecular complexity index is 379. The Kier molecular flexibility index (Phi) is 3.78.